The molecule has 0 spiro atoms. The molecule has 1 aromatic rings. The van der Waals surface area contributed by atoms with E-state index in [2.05, 4.69) is 4.90 Å². The fourth-order valence-electron chi connectivity index (χ4n) is 4.01. The van der Waals surface area contributed by atoms with E-state index in [1.54, 1.807) is 11.0 Å². The quantitative estimate of drug-likeness (QED) is 0.717. The Kier molecular flexibility index (Phi) is 7.10. The van der Waals surface area contributed by atoms with Crippen molar-refractivity contribution in [1.29, 1.82) is 0 Å². The number of halogens is 4. The predicted molar refractivity (Wildman–Crippen MR) is 101 cm³/mol. The number of ether oxygens (including phenoxy) is 1. The van der Waals surface area contributed by atoms with Crippen LogP contribution >= 0.6 is 11.6 Å². The van der Waals surface area contributed by atoms with Gasteiger partial charge in [0.05, 0.1) is 10.9 Å². The molecule has 1 amide bonds. The molecule has 2 aliphatic rings. The summed E-state index contributed by atoms with van der Waals surface area (Å²) in [6.45, 7) is 3.72. The number of nitrogens with zero attached hydrogens (tertiary/aromatic N) is 2. The van der Waals surface area contributed by atoms with Gasteiger partial charge in [0.2, 0.25) is 5.91 Å². The zero-order valence-corrected chi connectivity index (χ0v) is 16.5. The largest absolute Gasteiger partial charge is 0.491 e. The van der Waals surface area contributed by atoms with Crippen LogP contribution in [-0.2, 0) is 4.79 Å². The Morgan fingerprint density at radius 1 is 1.14 bits per heavy atom. The summed E-state index contributed by atoms with van der Waals surface area (Å²) in [5.41, 5.74) is 0. The molecule has 0 radical (unpaired) electrons. The molecule has 0 aromatic heterocycles. The van der Waals surface area contributed by atoms with Gasteiger partial charge in [-0.1, -0.05) is 30.2 Å². The summed E-state index contributed by atoms with van der Waals surface area (Å²) in [7, 11) is 0. The molecule has 0 N–H and O–H groups in total. The van der Waals surface area contributed by atoms with E-state index < -0.39 is 18.0 Å². The van der Waals surface area contributed by atoms with Crippen molar-refractivity contribution in [3.05, 3.63) is 29.3 Å². The Balaban J connectivity index is 1.41. The third-order valence-corrected chi connectivity index (χ3v) is 5.98. The summed E-state index contributed by atoms with van der Waals surface area (Å²) < 4.78 is 44.6. The van der Waals surface area contributed by atoms with Gasteiger partial charge in [-0.15, -0.1) is 0 Å². The van der Waals surface area contributed by atoms with Gasteiger partial charge in [-0.2, -0.15) is 13.2 Å². The minimum absolute atomic E-state index is 0.0613. The highest BCUT2D eigenvalue weighted by atomic mass is 35.5. The van der Waals surface area contributed by atoms with Crippen molar-refractivity contribution in [3.8, 4) is 5.75 Å². The number of alkyl halides is 3. The second kappa shape index (κ2) is 9.35. The van der Waals surface area contributed by atoms with E-state index in [0.29, 0.717) is 62.9 Å². The third kappa shape index (κ3) is 5.54. The van der Waals surface area contributed by atoms with Crippen LogP contribution in [0.25, 0.3) is 0 Å². The van der Waals surface area contributed by atoms with E-state index in [1.165, 1.54) is 0 Å². The molecule has 1 aromatic carbocycles. The molecule has 1 saturated carbocycles. The second-order valence-corrected chi connectivity index (χ2v) is 7.96. The fraction of sp³-hybridized carbons (Fsp3) is 0.650. The Morgan fingerprint density at radius 2 is 1.86 bits per heavy atom. The topological polar surface area (TPSA) is 32.8 Å². The van der Waals surface area contributed by atoms with E-state index >= 15 is 0 Å². The van der Waals surface area contributed by atoms with E-state index in [0.717, 1.165) is 0 Å². The molecule has 2 unspecified atom stereocenters. The lowest BCUT2D eigenvalue weighted by molar-refractivity contribution is -0.187. The number of piperazine rings is 1. The number of carbonyl (C=O) groups is 1. The summed E-state index contributed by atoms with van der Waals surface area (Å²) in [6, 6.07) is 7.29. The second-order valence-electron chi connectivity index (χ2n) is 7.55. The third-order valence-electron chi connectivity index (χ3n) is 5.67. The van der Waals surface area contributed by atoms with E-state index in [1.807, 2.05) is 18.2 Å². The van der Waals surface area contributed by atoms with E-state index in [4.69, 9.17) is 16.3 Å². The van der Waals surface area contributed by atoms with Gasteiger partial charge in [0, 0.05) is 38.6 Å². The van der Waals surface area contributed by atoms with Crippen molar-refractivity contribution in [2.75, 3.05) is 39.3 Å². The lowest BCUT2D eigenvalue weighted by Crippen LogP contribution is -2.51. The van der Waals surface area contributed by atoms with Crippen LogP contribution in [0.3, 0.4) is 0 Å². The molecule has 0 bridgehead atoms. The number of hydrogen-bond donors (Lipinski definition) is 0. The molecule has 28 heavy (non-hydrogen) atoms. The zero-order chi connectivity index (χ0) is 20.1. The van der Waals surface area contributed by atoms with Crippen molar-refractivity contribution in [2.45, 2.75) is 31.9 Å². The Morgan fingerprint density at radius 3 is 2.54 bits per heavy atom. The fourth-order valence-corrected chi connectivity index (χ4v) is 4.20. The highest BCUT2D eigenvalue weighted by Gasteiger charge is 2.44. The molecule has 156 valence electrons. The van der Waals surface area contributed by atoms with Gasteiger partial charge in [0.15, 0.2) is 0 Å². The average molecular weight is 419 g/mol. The van der Waals surface area contributed by atoms with Gasteiger partial charge in [-0.25, -0.2) is 0 Å². The molecule has 1 saturated heterocycles. The first-order valence-electron chi connectivity index (χ1n) is 9.80. The first kappa shape index (κ1) is 21.2. The summed E-state index contributed by atoms with van der Waals surface area (Å²) in [5.74, 6) is -1.29. The average Bonchev–Trinajstić information content (AvgIpc) is 2.69. The van der Waals surface area contributed by atoms with E-state index in [-0.39, 0.29) is 18.7 Å². The van der Waals surface area contributed by atoms with Crippen molar-refractivity contribution >= 4 is 17.5 Å². The molecule has 1 aliphatic carbocycles. The van der Waals surface area contributed by atoms with Crippen LogP contribution in [0.1, 0.15) is 25.7 Å². The molecular weight excluding hydrogens is 393 g/mol. The minimum atomic E-state index is -4.20. The summed E-state index contributed by atoms with van der Waals surface area (Å²) >= 11 is 6.06. The van der Waals surface area contributed by atoms with Crippen LogP contribution in [0.2, 0.25) is 5.02 Å². The number of benzene rings is 1. The summed E-state index contributed by atoms with van der Waals surface area (Å²) in [4.78, 5) is 16.6. The molecule has 3 rings (SSSR count). The highest BCUT2D eigenvalue weighted by Crippen LogP contribution is 2.40. The standard InChI is InChI=1S/C20H26ClF3N2O2/c21-17-6-1-2-7-18(17)28-13-12-25-8-10-26(11-9-25)19(27)15-4-3-5-16(14-15)20(22,23)24/h1-2,6-7,15-16H,3-5,8-14H2. The Bertz CT molecular complexity index is 663. The number of carbonyl (C=O) groups excluding carboxylic acids is 1. The molecular formula is C20H26ClF3N2O2. The molecule has 2 fully saturated rings. The first-order chi connectivity index (χ1) is 13.3. The van der Waals surface area contributed by atoms with Crippen molar-refractivity contribution < 1.29 is 22.7 Å². The van der Waals surface area contributed by atoms with Crippen LogP contribution in [0.5, 0.6) is 5.75 Å². The van der Waals surface area contributed by atoms with Crippen molar-refractivity contribution in [3.63, 3.8) is 0 Å². The van der Waals surface area contributed by atoms with Crippen LogP contribution in [-0.4, -0.2) is 61.2 Å². The monoisotopic (exact) mass is 418 g/mol. The van der Waals surface area contributed by atoms with Crippen LogP contribution in [0, 0.1) is 11.8 Å². The predicted octanol–water partition coefficient (Wildman–Crippen LogP) is 4.23. The Labute approximate surface area is 168 Å². The molecule has 2 atom stereocenters. The number of rotatable bonds is 5. The maximum atomic E-state index is 13.0. The zero-order valence-electron chi connectivity index (χ0n) is 15.8. The first-order valence-corrected chi connectivity index (χ1v) is 10.2. The smallest absolute Gasteiger partial charge is 0.391 e. The van der Waals surface area contributed by atoms with Gasteiger partial charge < -0.3 is 9.64 Å². The van der Waals surface area contributed by atoms with Crippen molar-refractivity contribution in [1.82, 2.24) is 9.80 Å². The maximum Gasteiger partial charge on any atom is 0.391 e. The van der Waals surface area contributed by atoms with Crippen LogP contribution in [0.4, 0.5) is 13.2 Å². The molecule has 8 heteroatoms. The van der Waals surface area contributed by atoms with Crippen LogP contribution < -0.4 is 4.74 Å². The summed E-state index contributed by atoms with van der Waals surface area (Å²) in [6.07, 6.45) is -3.07. The van der Waals surface area contributed by atoms with Gasteiger partial charge in [0.25, 0.3) is 0 Å². The summed E-state index contributed by atoms with van der Waals surface area (Å²) in [5, 5.41) is 0.572. The van der Waals surface area contributed by atoms with Crippen LogP contribution in [0.15, 0.2) is 24.3 Å². The van der Waals surface area contributed by atoms with Gasteiger partial charge in [-0.05, 0) is 31.4 Å². The minimum Gasteiger partial charge on any atom is -0.491 e. The number of hydrogen-bond acceptors (Lipinski definition) is 3. The van der Waals surface area contributed by atoms with Gasteiger partial charge in [-0.3, -0.25) is 9.69 Å². The van der Waals surface area contributed by atoms with Gasteiger partial charge in [0.1, 0.15) is 12.4 Å². The normalized spacial score (nSPS) is 24.2. The number of amides is 1. The lowest BCUT2D eigenvalue weighted by Gasteiger charge is -2.38. The highest BCUT2D eigenvalue weighted by molar-refractivity contribution is 6.32. The van der Waals surface area contributed by atoms with E-state index in [9.17, 15) is 18.0 Å². The Hall–Kier alpha value is -1.47. The van der Waals surface area contributed by atoms with Gasteiger partial charge >= 0.3 is 6.18 Å². The molecule has 4 nitrogen and oxygen atoms in total. The SMILES string of the molecule is O=C(C1CCCC(C(F)(F)F)C1)N1CCN(CCOc2ccccc2Cl)CC1. The molecule has 1 heterocycles. The maximum absolute atomic E-state index is 13.0. The molecule has 1 aliphatic heterocycles. The van der Waals surface area contributed by atoms with Crippen molar-refractivity contribution in [2.24, 2.45) is 11.8 Å². The lowest BCUT2D eigenvalue weighted by atomic mass is 9.80. The number of para-hydroxylation sites is 1.